The summed E-state index contributed by atoms with van der Waals surface area (Å²) in [6.45, 7) is 15.1. The normalized spacial score (nSPS) is 22.6. The monoisotopic (exact) mass is 407 g/mol. The molecule has 1 aromatic rings. The quantitative estimate of drug-likeness (QED) is 0.700. The van der Waals surface area contributed by atoms with Crippen LogP contribution in [0, 0.1) is 10.8 Å². The first-order valence-electron chi connectivity index (χ1n) is 10.4. The Bertz CT molecular complexity index is 600. The van der Waals surface area contributed by atoms with E-state index < -0.39 is 0 Å². The number of nitrogens with zero attached hydrogens (tertiary/aromatic N) is 1. The first-order valence-corrected chi connectivity index (χ1v) is 10.4. The van der Waals surface area contributed by atoms with Gasteiger partial charge in [0.1, 0.15) is 6.29 Å². The Morgan fingerprint density at radius 2 is 1.21 bits per heavy atom. The average molecular weight is 408 g/mol. The molecule has 0 bridgehead atoms. The van der Waals surface area contributed by atoms with Gasteiger partial charge in [-0.15, -0.1) is 0 Å². The van der Waals surface area contributed by atoms with Gasteiger partial charge in [0.25, 0.3) is 0 Å². The third kappa shape index (κ3) is 9.26. The number of carbonyl (C=O) groups is 1. The van der Waals surface area contributed by atoms with Crippen molar-refractivity contribution >= 4 is 12.0 Å². The lowest BCUT2D eigenvalue weighted by atomic mass is 9.94. The first kappa shape index (κ1) is 23.8. The third-order valence-electron chi connectivity index (χ3n) is 4.75. The van der Waals surface area contributed by atoms with Crippen LogP contribution in [0.5, 0.6) is 0 Å². The first-order chi connectivity index (χ1) is 13.8. The highest BCUT2D eigenvalue weighted by atomic mass is 16.5. The fraction of sp³-hybridized carbons (Fsp3) is 0.696. The summed E-state index contributed by atoms with van der Waals surface area (Å²) in [6, 6.07) is 7.61. The lowest BCUT2D eigenvalue weighted by Crippen LogP contribution is -2.33. The Balaban J connectivity index is 1.97. The van der Waals surface area contributed by atoms with Crippen molar-refractivity contribution < 1.29 is 23.7 Å². The van der Waals surface area contributed by atoms with Crippen molar-refractivity contribution in [1.82, 2.24) is 0 Å². The van der Waals surface area contributed by atoms with Gasteiger partial charge >= 0.3 is 0 Å². The minimum Gasteiger partial charge on any atom is -0.380 e. The van der Waals surface area contributed by atoms with Gasteiger partial charge in [-0.2, -0.15) is 0 Å². The Morgan fingerprint density at radius 3 is 1.79 bits per heavy atom. The van der Waals surface area contributed by atoms with Gasteiger partial charge in [0.2, 0.25) is 0 Å². The molecule has 0 unspecified atom stereocenters. The van der Waals surface area contributed by atoms with E-state index in [2.05, 4.69) is 32.6 Å². The summed E-state index contributed by atoms with van der Waals surface area (Å²) in [6.07, 6.45) is 0.860. The maximum absolute atomic E-state index is 10.9. The number of hydrogen-bond donors (Lipinski definition) is 0. The molecule has 164 valence electrons. The van der Waals surface area contributed by atoms with Crippen LogP contribution in [0.25, 0.3) is 0 Å². The molecule has 2 rings (SSSR count). The molecule has 0 radical (unpaired) electrons. The topological polar surface area (TPSA) is 57.2 Å². The Labute approximate surface area is 175 Å². The Morgan fingerprint density at radius 1 is 0.724 bits per heavy atom. The van der Waals surface area contributed by atoms with Crippen LogP contribution < -0.4 is 4.90 Å². The molecule has 0 aromatic heterocycles. The van der Waals surface area contributed by atoms with Crippen LogP contribution in [0.4, 0.5) is 5.69 Å². The summed E-state index contributed by atoms with van der Waals surface area (Å²) < 4.78 is 23.5. The van der Waals surface area contributed by atoms with E-state index in [0.29, 0.717) is 58.4 Å². The number of ether oxygens (including phenoxy) is 4. The van der Waals surface area contributed by atoms with Crippen molar-refractivity contribution in [3.63, 3.8) is 0 Å². The van der Waals surface area contributed by atoms with E-state index in [1.165, 1.54) is 0 Å². The van der Waals surface area contributed by atoms with Crippen molar-refractivity contribution in [3.05, 3.63) is 29.8 Å². The van der Waals surface area contributed by atoms with Crippen LogP contribution in [0.15, 0.2) is 24.3 Å². The maximum Gasteiger partial charge on any atom is 0.150 e. The average Bonchev–Trinajstić information content (AvgIpc) is 2.68. The predicted octanol–water partition coefficient (Wildman–Crippen LogP) is 3.44. The van der Waals surface area contributed by atoms with E-state index in [-0.39, 0.29) is 10.8 Å². The van der Waals surface area contributed by atoms with Gasteiger partial charge in [0.05, 0.1) is 52.9 Å². The van der Waals surface area contributed by atoms with Crippen LogP contribution >= 0.6 is 0 Å². The molecule has 1 aliphatic heterocycles. The van der Waals surface area contributed by atoms with Gasteiger partial charge in [-0.05, 0) is 24.3 Å². The van der Waals surface area contributed by atoms with Gasteiger partial charge in [0, 0.05) is 35.2 Å². The Hall–Kier alpha value is -1.47. The minimum atomic E-state index is -0.0511. The highest BCUT2D eigenvalue weighted by Crippen LogP contribution is 2.21. The standard InChI is InChI=1S/C23H37NO5/c1-22(2)16-27-12-10-24(21-7-5-20(15-25)6-8-21)9-11-26-13-14-28-17-23(3,4)19-29-18-22/h5-8,15H,9-14,16-19H2,1-4H3. The molecule has 0 amide bonds. The minimum absolute atomic E-state index is 0.0324. The smallest absolute Gasteiger partial charge is 0.150 e. The number of anilines is 1. The molecule has 0 saturated carbocycles. The van der Waals surface area contributed by atoms with E-state index in [1.807, 2.05) is 24.3 Å². The van der Waals surface area contributed by atoms with E-state index in [4.69, 9.17) is 18.9 Å². The van der Waals surface area contributed by atoms with E-state index in [1.54, 1.807) is 0 Å². The van der Waals surface area contributed by atoms with Gasteiger partial charge in [0.15, 0.2) is 0 Å². The van der Waals surface area contributed by atoms with Crippen molar-refractivity contribution in [2.75, 3.05) is 70.8 Å². The molecule has 29 heavy (non-hydrogen) atoms. The molecule has 1 aromatic carbocycles. The molecule has 0 atom stereocenters. The summed E-state index contributed by atoms with van der Waals surface area (Å²) in [5.74, 6) is 0. The van der Waals surface area contributed by atoms with Crippen LogP contribution in [-0.2, 0) is 18.9 Å². The summed E-state index contributed by atoms with van der Waals surface area (Å²) in [5, 5.41) is 0. The molecule has 1 fully saturated rings. The third-order valence-corrected chi connectivity index (χ3v) is 4.75. The summed E-state index contributed by atoms with van der Waals surface area (Å²) in [7, 11) is 0. The molecule has 0 N–H and O–H groups in total. The molecule has 6 heteroatoms. The Kier molecular flexibility index (Phi) is 9.56. The fourth-order valence-electron chi connectivity index (χ4n) is 3.09. The zero-order valence-corrected chi connectivity index (χ0v) is 18.4. The lowest BCUT2D eigenvalue weighted by Gasteiger charge is -2.29. The van der Waals surface area contributed by atoms with Gasteiger partial charge in [-0.25, -0.2) is 0 Å². The van der Waals surface area contributed by atoms with E-state index in [0.717, 1.165) is 25.1 Å². The second kappa shape index (κ2) is 11.6. The SMILES string of the molecule is CC1(C)COCCOCCN(c2ccc(C=O)cc2)CCOCC(C)(C)COC1. The second-order valence-electron chi connectivity index (χ2n) is 9.24. The van der Waals surface area contributed by atoms with Gasteiger partial charge in [-0.1, -0.05) is 27.7 Å². The molecule has 1 saturated heterocycles. The number of carbonyl (C=O) groups excluding carboxylic acids is 1. The number of benzene rings is 1. The van der Waals surface area contributed by atoms with Crippen molar-refractivity contribution in [3.8, 4) is 0 Å². The van der Waals surface area contributed by atoms with Crippen LogP contribution in [0.3, 0.4) is 0 Å². The fourth-order valence-corrected chi connectivity index (χ4v) is 3.09. The number of aldehydes is 1. The van der Waals surface area contributed by atoms with E-state index >= 15 is 0 Å². The molecule has 0 aliphatic carbocycles. The molecular formula is C23H37NO5. The zero-order valence-electron chi connectivity index (χ0n) is 18.4. The largest absolute Gasteiger partial charge is 0.380 e. The summed E-state index contributed by atoms with van der Waals surface area (Å²) in [4.78, 5) is 13.1. The van der Waals surface area contributed by atoms with Gasteiger partial charge in [-0.3, -0.25) is 4.79 Å². The maximum atomic E-state index is 10.9. The van der Waals surface area contributed by atoms with Crippen molar-refractivity contribution in [1.29, 1.82) is 0 Å². The number of hydrogen-bond acceptors (Lipinski definition) is 6. The number of rotatable bonds is 2. The van der Waals surface area contributed by atoms with E-state index in [9.17, 15) is 4.79 Å². The predicted molar refractivity (Wildman–Crippen MR) is 115 cm³/mol. The van der Waals surface area contributed by atoms with Crippen molar-refractivity contribution in [2.45, 2.75) is 27.7 Å². The lowest BCUT2D eigenvalue weighted by molar-refractivity contribution is -0.0497. The molecule has 1 aliphatic rings. The van der Waals surface area contributed by atoms with Gasteiger partial charge < -0.3 is 23.8 Å². The van der Waals surface area contributed by atoms with Crippen molar-refractivity contribution in [2.24, 2.45) is 10.8 Å². The van der Waals surface area contributed by atoms with Crippen LogP contribution in [-0.4, -0.2) is 72.2 Å². The molecular weight excluding hydrogens is 370 g/mol. The molecule has 1 heterocycles. The summed E-state index contributed by atoms with van der Waals surface area (Å²) in [5.41, 5.74) is 1.65. The zero-order chi connectivity index (χ0) is 21.2. The molecule has 6 nitrogen and oxygen atoms in total. The highest BCUT2D eigenvalue weighted by Gasteiger charge is 2.23. The second-order valence-corrected chi connectivity index (χ2v) is 9.24. The summed E-state index contributed by atoms with van der Waals surface area (Å²) >= 11 is 0. The highest BCUT2D eigenvalue weighted by molar-refractivity contribution is 5.75. The van der Waals surface area contributed by atoms with Crippen LogP contribution in [0.1, 0.15) is 38.1 Å². The van der Waals surface area contributed by atoms with Crippen LogP contribution in [0.2, 0.25) is 0 Å². The molecule has 0 spiro atoms.